The molecule has 5 heteroatoms. The van der Waals surface area contributed by atoms with E-state index in [-0.39, 0.29) is 12.0 Å². The minimum absolute atomic E-state index is 0.281. The van der Waals surface area contributed by atoms with Crippen LogP contribution in [0.15, 0.2) is 30.3 Å². The molecule has 132 valence electrons. The van der Waals surface area contributed by atoms with E-state index < -0.39 is 0 Å². The highest BCUT2D eigenvalue weighted by molar-refractivity contribution is 5.76. The van der Waals surface area contributed by atoms with Gasteiger partial charge in [0.05, 0.1) is 6.10 Å². The summed E-state index contributed by atoms with van der Waals surface area (Å²) in [5, 5.41) is 13.8. The average molecular weight is 331 g/mol. The van der Waals surface area contributed by atoms with Crippen LogP contribution in [-0.2, 0) is 4.79 Å². The molecule has 1 unspecified atom stereocenters. The van der Waals surface area contributed by atoms with Crippen LogP contribution in [0.1, 0.15) is 30.9 Å². The molecule has 0 radical (unpaired) electrons. The number of likely N-dealkylation sites (tertiary alicyclic amines) is 1. The first kappa shape index (κ1) is 17.4. The Morgan fingerprint density at radius 3 is 2.46 bits per heavy atom. The third-order valence-electron chi connectivity index (χ3n) is 5.33. The summed E-state index contributed by atoms with van der Waals surface area (Å²) >= 11 is 0. The predicted octanol–water partition coefficient (Wildman–Crippen LogP) is 1.25. The molecule has 0 spiro atoms. The van der Waals surface area contributed by atoms with Crippen molar-refractivity contribution in [2.75, 3.05) is 45.8 Å². The van der Waals surface area contributed by atoms with Gasteiger partial charge in [0.15, 0.2) is 0 Å². The largest absolute Gasteiger partial charge is 0.388 e. The van der Waals surface area contributed by atoms with Crippen molar-refractivity contribution in [1.29, 1.82) is 0 Å². The number of hydrogen-bond donors (Lipinski definition) is 2. The number of aliphatic hydroxyl groups excluding tert-OH is 1. The summed E-state index contributed by atoms with van der Waals surface area (Å²) in [5.74, 6) is 0.607. The number of benzene rings is 1. The zero-order valence-corrected chi connectivity index (χ0v) is 14.4. The second-order valence-electron chi connectivity index (χ2n) is 6.92. The normalized spacial score (nSPS) is 21.6. The van der Waals surface area contributed by atoms with Gasteiger partial charge >= 0.3 is 0 Å². The van der Waals surface area contributed by atoms with Crippen molar-refractivity contribution >= 4 is 5.91 Å². The van der Waals surface area contributed by atoms with Gasteiger partial charge < -0.3 is 20.2 Å². The van der Waals surface area contributed by atoms with Crippen LogP contribution in [0.2, 0.25) is 0 Å². The Labute approximate surface area is 144 Å². The molecular weight excluding hydrogens is 302 g/mol. The predicted molar refractivity (Wildman–Crippen MR) is 94.6 cm³/mol. The lowest BCUT2D eigenvalue weighted by molar-refractivity contribution is -0.132. The van der Waals surface area contributed by atoms with Gasteiger partial charge in [-0.25, -0.2) is 0 Å². The maximum absolute atomic E-state index is 12.2. The fourth-order valence-electron chi connectivity index (χ4n) is 3.74. The van der Waals surface area contributed by atoms with Gasteiger partial charge in [0, 0.05) is 39.1 Å². The third kappa shape index (κ3) is 4.56. The number of nitrogens with one attached hydrogen (secondary N) is 1. The van der Waals surface area contributed by atoms with Crippen molar-refractivity contribution in [1.82, 2.24) is 15.1 Å². The van der Waals surface area contributed by atoms with Gasteiger partial charge in [0.2, 0.25) is 5.91 Å². The lowest BCUT2D eigenvalue weighted by Gasteiger charge is -2.35. The highest BCUT2D eigenvalue weighted by Crippen LogP contribution is 2.30. The molecule has 1 aromatic carbocycles. The fraction of sp³-hybridized carbons (Fsp3) is 0.632. The zero-order chi connectivity index (χ0) is 16.8. The summed E-state index contributed by atoms with van der Waals surface area (Å²) in [6, 6.07) is 9.95. The van der Waals surface area contributed by atoms with Crippen LogP contribution in [-0.4, -0.2) is 66.6 Å². The Kier molecular flexibility index (Phi) is 6.24. The summed E-state index contributed by atoms with van der Waals surface area (Å²) in [6.07, 6.45) is 2.25. The average Bonchev–Trinajstić information content (AvgIpc) is 2.67. The van der Waals surface area contributed by atoms with E-state index in [1.54, 1.807) is 0 Å². The molecule has 1 amide bonds. The molecule has 0 saturated carbocycles. The monoisotopic (exact) mass is 331 g/mol. The number of hydrogen-bond acceptors (Lipinski definition) is 4. The molecule has 2 heterocycles. The molecule has 5 nitrogen and oxygen atoms in total. The highest BCUT2D eigenvalue weighted by atomic mass is 16.3. The van der Waals surface area contributed by atoms with Crippen LogP contribution in [0.25, 0.3) is 0 Å². The van der Waals surface area contributed by atoms with E-state index in [2.05, 4.69) is 10.2 Å². The van der Waals surface area contributed by atoms with E-state index in [9.17, 15) is 9.90 Å². The molecule has 0 aliphatic carbocycles. The number of amides is 1. The highest BCUT2D eigenvalue weighted by Gasteiger charge is 2.26. The van der Waals surface area contributed by atoms with Crippen LogP contribution in [0.4, 0.5) is 0 Å². The van der Waals surface area contributed by atoms with Gasteiger partial charge in [-0.3, -0.25) is 4.79 Å². The first-order chi connectivity index (χ1) is 11.7. The van der Waals surface area contributed by atoms with Crippen molar-refractivity contribution < 1.29 is 9.90 Å². The van der Waals surface area contributed by atoms with Crippen LogP contribution in [0.3, 0.4) is 0 Å². The smallest absolute Gasteiger partial charge is 0.223 e. The summed E-state index contributed by atoms with van der Waals surface area (Å²) in [7, 11) is 0. The molecule has 2 N–H and O–H groups in total. The fourth-order valence-corrected chi connectivity index (χ4v) is 3.74. The minimum atomic E-state index is -0.365. The third-order valence-corrected chi connectivity index (χ3v) is 5.33. The second kappa shape index (κ2) is 8.60. The Morgan fingerprint density at radius 2 is 1.79 bits per heavy atom. The van der Waals surface area contributed by atoms with Crippen molar-refractivity contribution in [2.24, 2.45) is 5.92 Å². The number of carbonyl (C=O) groups excluding carboxylic acids is 1. The molecule has 0 bridgehead atoms. The molecule has 0 aromatic heterocycles. The number of rotatable bonds is 5. The number of piperazine rings is 1. The molecule has 2 aliphatic rings. The van der Waals surface area contributed by atoms with Crippen LogP contribution in [0, 0.1) is 5.92 Å². The van der Waals surface area contributed by atoms with Crippen LogP contribution in [0.5, 0.6) is 0 Å². The number of piperidine rings is 1. The van der Waals surface area contributed by atoms with Gasteiger partial charge in [-0.2, -0.15) is 0 Å². The van der Waals surface area contributed by atoms with E-state index in [0.717, 1.165) is 64.2 Å². The summed E-state index contributed by atoms with van der Waals surface area (Å²) in [5.41, 5.74) is 1.02. The number of aliphatic hydroxyl groups is 1. The van der Waals surface area contributed by atoms with E-state index in [1.807, 2.05) is 35.2 Å². The molecule has 1 aromatic rings. The molecule has 24 heavy (non-hydrogen) atoms. The van der Waals surface area contributed by atoms with Crippen molar-refractivity contribution in [2.45, 2.75) is 25.4 Å². The summed E-state index contributed by atoms with van der Waals surface area (Å²) in [6.45, 7) is 6.29. The van der Waals surface area contributed by atoms with Gasteiger partial charge in [-0.15, -0.1) is 0 Å². The first-order valence-corrected chi connectivity index (χ1v) is 9.18. The Morgan fingerprint density at radius 1 is 1.12 bits per heavy atom. The first-order valence-electron chi connectivity index (χ1n) is 9.18. The minimum Gasteiger partial charge on any atom is -0.388 e. The van der Waals surface area contributed by atoms with Gasteiger partial charge in [0.25, 0.3) is 0 Å². The Hall–Kier alpha value is -1.43. The lowest BCUT2D eigenvalue weighted by Crippen LogP contribution is -2.47. The maximum atomic E-state index is 12.2. The van der Waals surface area contributed by atoms with E-state index >= 15 is 0 Å². The molecule has 3 rings (SSSR count). The standard InChI is InChI=1S/C19H29N3O2/c23-18(22-14-9-20-10-15-22)8-13-21-11-6-17(7-12-21)19(24)16-4-2-1-3-5-16/h1-5,17,19-20,24H,6-15H2. The Bertz CT molecular complexity index is 509. The quantitative estimate of drug-likeness (QED) is 0.853. The summed E-state index contributed by atoms with van der Waals surface area (Å²) in [4.78, 5) is 16.6. The number of carbonyl (C=O) groups is 1. The van der Waals surface area contributed by atoms with E-state index in [1.165, 1.54) is 0 Å². The Balaban J connectivity index is 1.39. The zero-order valence-electron chi connectivity index (χ0n) is 14.4. The molecular formula is C19H29N3O2. The van der Waals surface area contributed by atoms with E-state index in [0.29, 0.717) is 12.3 Å². The van der Waals surface area contributed by atoms with Gasteiger partial charge in [0.1, 0.15) is 0 Å². The van der Waals surface area contributed by atoms with Crippen LogP contribution >= 0.6 is 0 Å². The topological polar surface area (TPSA) is 55.8 Å². The number of nitrogens with zero attached hydrogens (tertiary/aromatic N) is 2. The summed E-state index contributed by atoms with van der Waals surface area (Å²) < 4.78 is 0. The van der Waals surface area contributed by atoms with E-state index in [4.69, 9.17) is 0 Å². The maximum Gasteiger partial charge on any atom is 0.223 e. The van der Waals surface area contributed by atoms with Crippen molar-refractivity contribution in [3.8, 4) is 0 Å². The van der Waals surface area contributed by atoms with Gasteiger partial charge in [-0.1, -0.05) is 30.3 Å². The SMILES string of the molecule is O=C(CCN1CCC(C(O)c2ccccc2)CC1)N1CCNCC1. The van der Waals surface area contributed by atoms with Gasteiger partial charge in [-0.05, 0) is 37.4 Å². The molecule has 2 aliphatic heterocycles. The lowest BCUT2D eigenvalue weighted by atomic mass is 9.87. The van der Waals surface area contributed by atoms with Crippen LogP contribution < -0.4 is 5.32 Å². The van der Waals surface area contributed by atoms with Crippen molar-refractivity contribution in [3.63, 3.8) is 0 Å². The molecule has 2 fully saturated rings. The molecule has 1 atom stereocenters. The second-order valence-corrected chi connectivity index (χ2v) is 6.92. The molecule has 2 saturated heterocycles. The van der Waals surface area contributed by atoms with Crippen molar-refractivity contribution in [3.05, 3.63) is 35.9 Å².